The zero-order chi connectivity index (χ0) is 18.4. The van der Waals surface area contributed by atoms with Crippen LogP contribution in [-0.2, 0) is 14.3 Å². The van der Waals surface area contributed by atoms with Crippen molar-refractivity contribution in [1.82, 2.24) is 0 Å². The lowest BCUT2D eigenvalue weighted by Gasteiger charge is -2.13. The van der Waals surface area contributed by atoms with Crippen LogP contribution in [0.25, 0.3) is 6.08 Å². The zero-order valence-electron chi connectivity index (χ0n) is 13.8. The van der Waals surface area contributed by atoms with Crippen LogP contribution in [0.3, 0.4) is 0 Å². The fraction of sp³-hybridized carbons (Fsp3) is 0.158. The lowest BCUT2D eigenvalue weighted by Crippen LogP contribution is -2.29. The summed E-state index contributed by atoms with van der Waals surface area (Å²) < 4.78 is 5.10. The van der Waals surface area contributed by atoms with Crippen LogP contribution in [-0.4, -0.2) is 18.0 Å². The van der Waals surface area contributed by atoms with Gasteiger partial charge in [0.1, 0.15) is 0 Å². The molecule has 0 aliphatic rings. The van der Waals surface area contributed by atoms with E-state index in [-0.39, 0.29) is 0 Å². The molecule has 0 aromatic heterocycles. The molecule has 1 amide bonds. The summed E-state index contributed by atoms with van der Waals surface area (Å²) in [4.78, 5) is 24.0. The largest absolute Gasteiger partial charge is 0.449 e. The second-order valence-corrected chi connectivity index (χ2v) is 6.23. The van der Waals surface area contributed by atoms with Crippen LogP contribution in [0.1, 0.15) is 18.1 Å². The molecule has 0 heterocycles. The third kappa shape index (κ3) is 5.62. The molecule has 0 unspecified atom stereocenters. The molecule has 0 spiro atoms. The van der Waals surface area contributed by atoms with Gasteiger partial charge in [0.25, 0.3) is 5.91 Å². The van der Waals surface area contributed by atoms with E-state index in [2.05, 4.69) is 5.32 Å². The maximum Gasteiger partial charge on any atom is 0.331 e. The van der Waals surface area contributed by atoms with Gasteiger partial charge in [-0.1, -0.05) is 47.5 Å². The molecule has 0 saturated heterocycles. The maximum atomic E-state index is 12.1. The molecular weight excluding hydrogens is 361 g/mol. The van der Waals surface area contributed by atoms with E-state index >= 15 is 0 Å². The number of ether oxygens (including phenoxy) is 1. The first-order valence-electron chi connectivity index (χ1n) is 7.57. The molecular formula is C19H17Cl2NO3. The zero-order valence-corrected chi connectivity index (χ0v) is 15.3. The standard InChI is InChI=1S/C19H17Cl2NO3/c1-12-5-3-4-6-17(12)22-19(24)13(2)25-18(23)10-8-14-7-9-15(20)11-16(14)21/h3-11,13H,1-2H3,(H,22,24)/b10-8+/t13-/m1/s1. The van der Waals surface area contributed by atoms with Crippen molar-refractivity contribution >= 4 is 46.8 Å². The highest BCUT2D eigenvalue weighted by atomic mass is 35.5. The highest BCUT2D eigenvalue weighted by Gasteiger charge is 2.17. The van der Waals surface area contributed by atoms with E-state index in [1.165, 1.54) is 19.1 Å². The molecule has 4 nitrogen and oxygen atoms in total. The Morgan fingerprint density at radius 2 is 1.88 bits per heavy atom. The predicted octanol–water partition coefficient (Wildman–Crippen LogP) is 4.89. The first-order valence-corrected chi connectivity index (χ1v) is 8.32. The Balaban J connectivity index is 1.94. The number of carbonyl (C=O) groups excluding carboxylic acids is 2. The summed E-state index contributed by atoms with van der Waals surface area (Å²) in [6.07, 6.45) is 1.79. The van der Waals surface area contributed by atoms with Gasteiger partial charge in [0.2, 0.25) is 0 Å². The molecule has 2 aromatic carbocycles. The van der Waals surface area contributed by atoms with Crippen molar-refractivity contribution in [3.63, 3.8) is 0 Å². The summed E-state index contributed by atoms with van der Waals surface area (Å²) in [7, 11) is 0. The molecule has 25 heavy (non-hydrogen) atoms. The maximum absolute atomic E-state index is 12.1. The van der Waals surface area contributed by atoms with Gasteiger partial charge in [0.05, 0.1) is 0 Å². The van der Waals surface area contributed by atoms with Crippen LogP contribution in [0.4, 0.5) is 5.69 Å². The number of hydrogen-bond acceptors (Lipinski definition) is 3. The normalized spacial score (nSPS) is 12.0. The van der Waals surface area contributed by atoms with Crippen molar-refractivity contribution in [2.75, 3.05) is 5.32 Å². The van der Waals surface area contributed by atoms with E-state index in [1.807, 2.05) is 25.1 Å². The van der Waals surface area contributed by atoms with Crippen LogP contribution in [0.2, 0.25) is 10.0 Å². The molecule has 0 bridgehead atoms. The van der Waals surface area contributed by atoms with Gasteiger partial charge < -0.3 is 10.1 Å². The number of para-hydroxylation sites is 1. The minimum absolute atomic E-state index is 0.402. The number of nitrogens with one attached hydrogen (secondary N) is 1. The second kappa shape index (κ2) is 8.70. The van der Waals surface area contributed by atoms with Crippen molar-refractivity contribution in [3.05, 3.63) is 69.7 Å². The number of benzene rings is 2. The van der Waals surface area contributed by atoms with Gasteiger partial charge in [-0.15, -0.1) is 0 Å². The Hall–Kier alpha value is -2.30. The molecule has 0 aliphatic carbocycles. The fourth-order valence-corrected chi connectivity index (χ4v) is 2.48. The quantitative estimate of drug-likeness (QED) is 0.596. The predicted molar refractivity (Wildman–Crippen MR) is 101 cm³/mol. The van der Waals surface area contributed by atoms with E-state index in [0.717, 1.165) is 5.56 Å². The average Bonchev–Trinajstić information content (AvgIpc) is 2.56. The lowest BCUT2D eigenvalue weighted by atomic mass is 10.2. The van der Waals surface area contributed by atoms with Crippen LogP contribution >= 0.6 is 23.2 Å². The van der Waals surface area contributed by atoms with Crippen LogP contribution in [0.5, 0.6) is 0 Å². The molecule has 1 N–H and O–H groups in total. The minimum Gasteiger partial charge on any atom is -0.449 e. The molecule has 0 saturated carbocycles. The summed E-state index contributed by atoms with van der Waals surface area (Å²) in [6, 6.07) is 12.3. The van der Waals surface area contributed by atoms with E-state index in [0.29, 0.717) is 21.3 Å². The number of rotatable bonds is 5. The first kappa shape index (κ1) is 19.0. The van der Waals surface area contributed by atoms with E-state index < -0.39 is 18.0 Å². The van der Waals surface area contributed by atoms with Crippen molar-refractivity contribution in [3.8, 4) is 0 Å². The van der Waals surface area contributed by atoms with Crippen LogP contribution < -0.4 is 5.32 Å². The Morgan fingerprint density at radius 1 is 1.16 bits per heavy atom. The van der Waals surface area contributed by atoms with E-state index in [4.69, 9.17) is 27.9 Å². The van der Waals surface area contributed by atoms with Gasteiger partial charge in [-0.25, -0.2) is 4.79 Å². The molecule has 2 rings (SSSR count). The van der Waals surface area contributed by atoms with Crippen LogP contribution in [0, 0.1) is 6.92 Å². The minimum atomic E-state index is -0.933. The monoisotopic (exact) mass is 377 g/mol. The van der Waals surface area contributed by atoms with Gasteiger partial charge in [0.15, 0.2) is 6.10 Å². The number of hydrogen-bond donors (Lipinski definition) is 1. The number of carbonyl (C=O) groups is 2. The molecule has 1 atom stereocenters. The fourth-order valence-electron chi connectivity index (χ4n) is 2.01. The molecule has 130 valence electrons. The van der Waals surface area contributed by atoms with E-state index in [1.54, 1.807) is 24.3 Å². The third-order valence-corrected chi connectivity index (χ3v) is 3.99. The lowest BCUT2D eigenvalue weighted by molar-refractivity contribution is -0.148. The van der Waals surface area contributed by atoms with Crippen LogP contribution in [0.15, 0.2) is 48.5 Å². The van der Waals surface area contributed by atoms with Crippen molar-refractivity contribution < 1.29 is 14.3 Å². The van der Waals surface area contributed by atoms with Crippen molar-refractivity contribution in [1.29, 1.82) is 0 Å². The smallest absolute Gasteiger partial charge is 0.331 e. The second-order valence-electron chi connectivity index (χ2n) is 5.38. The highest BCUT2D eigenvalue weighted by Crippen LogP contribution is 2.22. The summed E-state index contributed by atoms with van der Waals surface area (Å²) in [6.45, 7) is 3.39. The van der Waals surface area contributed by atoms with Crippen molar-refractivity contribution in [2.45, 2.75) is 20.0 Å². The number of amides is 1. The highest BCUT2D eigenvalue weighted by molar-refractivity contribution is 6.35. The third-order valence-electron chi connectivity index (χ3n) is 3.43. The number of anilines is 1. The van der Waals surface area contributed by atoms with E-state index in [9.17, 15) is 9.59 Å². The van der Waals surface area contributed by atoms with Gasteiger partial charge in [-0.2, -0.15) is 0 Å². The Labute approximate surface area is 156 Å². The molecule has 0 fully saturated rings. The summed E-state index contributed by atoms with van der Waals surface area (Å²) in [5.41, 5.74) is 2.23. The van der Waals surface area contributed by atoms with Crippen molar-refractivity contribution in [2.24, 2.45) is 0 Å². The van der Waals surface area contributed by atoms with Gasteiger partial charge >= 0.3 is 5.97 Å². The average molecular weight is 378 g/mol. The molecule has 2 aromatic rings. The topological polar surface area (TPSA) is 55.4 Å². The Kier molecular flexibility index (Phi) is 6.62. The summed E-state index contributed by atoms with van der Waals surface area (Å²) >= 11 is 11.8. The summed E-state index contributed by atoms with van der Waals surface area (Å²) in [5.74, 6) is -1.04. The number of halogens is 2. The van der Waals surface area contributed by atoms with Gasteiger partial charge in [-0.3, -0.25) is 4.79 Å². The Bertz CT molecular complexity index is 818. The molecule has 0 aliphatic heterocycles. The van der Waals surface area contributed by atoms with Gasteiger partial charge in [-0.05, 0) is 49.2 Å². The molecule has 6 heteroatoms. The Morgan fingerprint density at radius 3 is 2.56 bits per heavy atom. The first-order chi connectivity index (χ1) is 11.9. The number of aryl methyl sites for hydroxylation is 1. The number of esters is 1. The van der Waals surface area contributed by atoms with Gasteiger partial charge in [0, 0.05) is 21.8 Å². The molecule has 0 radical (unpaired) electrons. The SMILES string of the molecule is Cc1ccccc1NC(=O)[C@@H](C)OC(=O)/C=C/c1ccc(Cl)cc1Cl. The summed E-state index contributed by atoms with van der Waals surface area (Å²) in [5, 5.41) is 3.65.